The zero-order valence-electron chi connectivity index (χ0n) is 17.9. The summed E-state index contributed by atoms with van der Waals surface area (Å²) >= 11 is 0. The summed E-state index contributed by atoms with van der Waals surface area (Å²) in [5.41, 5.74) is 0.265. The molecule has 10 heteroatoms. The molecule has 2 rings (SSSR count). The lowest BCUT2D eigenvalue weighted by Gasteiger charge is -2.32. The van der Waals surface area contributed by atoms with Crippen LogP contribution in [-0.2, 0) is 24.3 Å². The highest BCUT2D eigenvalue weighted by Gasteiger charge is 2.30. The number of likely N-dealkylation sites (tertiary alicyclic amines) is 1. The molecule has 9 nitrogen and oxygen atoms in total. The molecule has 1 fully saturated rings. The van der Waals surface area contributed by atoms with Gasteiger partial charge >= 0.3 is 5.97 Å². The van der Waals surface area contributed by atoms with Crippen LogP contribution in [0.2, 0.25) is 0 Å². The van der Waals surface area contributed by atoms with Crippen LogP contribution in [0.5, 0.6) is 0 Å². The number of hydrogen-bond donors (Lipinski definition) is 1. The van der Waals surface area contributed by atoms with Crippen molar-refractivity contribution in [2.45, 2.75) is 24.7 Å². The molecule has 1 heterocycles. The molecule has 1 aliphatic rings. The van der Waals surface area contributed by atoms with Crippen LogP contribution in [0.4, 0.5) is 0 Å². The predicted molar refractivity (Wildman–Crippen MR) is 115 cm³/mol. The van der Waals surface area contributed by atoms with Gasteiger partial charge in [0.25, 0.3) is 5.91 Å². The number of sulfonamides is 1. The average molecular weight is 452 g/mol. The number of amides is 2. The van der Waals surface area contributed by atoms with E-state index in [1.165, 1.54) is 42.3 Å². The Morgan fingerprint density at radius 1 is 1.29 bits per heavy atom. The van der Waals surface area contributed by atoms with E-state index in [1.807, 2.05) is 0 Å². The second-order valence-corrected chi connectivity index (χ2v) is 9.02. The first kappa shape index (κ1) is 24.5. The van der Waals surface area contributed by atoms with Gasteiger partial charge in [-0.25, -0.2) is 13.1 Å². The monoisotopic (exact) mass is 451 g/mol. The highest BCUT2D eigenvalue weighted by molar-refractivity contribution is 7.89. The first-order chi connectivity index (χ1) is 14.7. The van der Waals surface area contributed by atoms with Crippen molar-refractivity contribution in [3.8, 4) is 0 Å². The van der Waals surface area contributed by atoms with Crippen LogP contribution >= 0.6 is 0 Å². The van der Waals surface area contributed by atoms with Gasteiger partial charge in [-0.3, -0.25) is 14.4 Å². The van der Waals surface area contributed by atoms with Gasteiger partial charge in [0.15, 0.2) is 0 Å². The van der Waals surface area contributed by atoms with Crippen LogP contribution in [-0.4, -0.2) is 75.8 Å². The molecule has 31 heavy (non-hydrogen) atoms. The summed E-state index contributed by atoms with van der Waals surface area (Å²) in [6.45, 7) is 6.26. The third-order valence-corrected chi connectivity index (χ3v) is 6.38. The van der Waals surface area contributed by atoms with E-state index in [9.17, 15) is 22.8 Å². The van der Waals surface area contributed by atoms with Crippen molar-refractivity contribution < 1.29 is 27.5 Å². The smallest absolute Gasteiger partial charge is 0.310 e. The minimum absolute atomic E-state index is 0.0305. The Labute approximate surface area is 183 Å². The van der Waals surface area contributed by atoms with Gasteiger partial charge in [0.1, 0.15) is 0 Å². The first-order valence-electron chi connectivity index (χ1n) is 10.1. The normalized spacial score (nSPS) is 16.5. The molecule has 0 spiro atoms. The molecule has 1 N–H and O–H groups in total. The van der Waals surface area contributed by atoms with Gasteiger partial charge in [-0.1, -0.05) is 6.08 Å². The van der Waals surface area contributed by atoms with Crippen molar-refractivity contribution in [1.29, 1.82) is 0 Å². The molecule has 0 saturated carbocycles. The Balaban J connectivity index is 1.98. The van der Waals surface area contributed by atoms with Gasteiger partial charge in [-0.15, -0.1) is 6.58 Å². The van der Waals surface area contributed by atoms with Crippen molar-refractivity contribution in [2.75, 3.05) is 39.8 Å². The highest BCUT2D eigenvalue weighted by atomic mass is 32.2. The van der Waals surface area contributed by atoms with Gasteiger partial charge in [-0.05, 0) is 44.0 Å². The zero-order chi connectivity index (χ0) is 23.0. The van der Waals surface area contributed by atoms with Crippen LogP contribution in [0.15, 0.2) is 41.8 Å². The Hall–Kier alpha value is -2.72. The Bertz CT molecular complexity index is 914. The predicted octanol–water partition coefficient (Wildman–Crippen LogP) is 1.02. The molecular formula is C21H29N3O6S. The van der Waals surface area contributed by atoms with Crippen molar-refractivity contribution in [3.63, 3.8) is 0 Å². The van der Waals surface area contributed by atoms with E-state index >= 15 is 0 Å². The number of rotatable bonds is 9. The maximum atomic E-state index is 12.7. The van der Waals surface area contributed by atoms with E-state index in [1.54, 1.807) is 11.8 Å². The van der Waals surface area contributed by atoms with E-state index in [0.717, 1.165) is 0 Å². The molecule has 0 aliphatic carbocycles. The van der Waals surface area contributed by atoms with Gasteiger partial charge < -0.3 is 14.5 Å². The van der Waals surface area contributed by atoms with Gasteiger partial charge in [-0.2, -0.15) is 0 Å². The second-order valence-electron chi connectivity index (χ2n) is 7.26. The maximum absolute atomic E-state index is 12.7. The number of hydrogen-bond acceptors (Lipinski definition) is 6. The number of benzene rings is 1. The van der Waals surface area contributed by atoms with Crippen LogP contribution in [0, 0.1) is 5.92 Å². The minimum Gasteiger partial charge on any atom is -0.466 e. The van der Waals surface area contributed by atoms with Crippen LogP contribution in [0.25, 0.3) is 0 Å². The third kappa shape index (κ3) is 6.63. The fraction of sp³-hybridized carbons (Fsp3) is 0.476. The summed E-state index contributed by atoms with van der Waals surface area (Å²) in [6, 6.07) is 5.48. The molecule has 170 valence electrons. The number of piperidine rings is 1. The van der Waals surface area contributed by atoms with Crippen LogP contribution < -0.4 is 4.72 Å². The Morgan fingerprint density at radius 2 is 1.97 bits per heavy atom. The van der Waals surface area contributed by atoms with Crippen molar-refractivity contribution in [2.24, 2.45) is 5.92 Å². The van der Waals surface area contributed by atoms with E-state index in [-0.39, 0.29) is 47.9 Å². The number of nitrogens with one attached hydrogen (secondary N) is 1. The average Bonchev–Trinajstić information content (AvgIpc) is 2.77. The molecule has 2 amide bonds. The lowest BCUT2D eigenvalue weighted by molar-refractivity contribution is -0.151. The minimum atomic E-state index is -3.68. The molecule has 0 aromatic heterocycles. The molecule has 0 radical (unpaired) electrons. The number of nitrogens with zero attached hydrogens (tertiary/aromatic N) is 2. The van der Waals surface area contributed by atoms with E-state index in [0.29, 0.717) is 26.0 Å². The number of likely N-dealkylation sites (N-methyl/N-ethyl adjacent to an activating group) is 1. The summed E-state index contributed by atoms with van der Waals surface area (Å²) in [6.07, 6.45) is 2.80. The fourth-order valence-electron chi connectivity index (χ4n) is 3.28. The van der Waals surface area contributed by atoms with Gasteiger partial charge in [0.2, 0.25) is 15.9 Å². The van der Waals surface area contributed by atoms with Crippen molar-refractivity contribution >= 4 is 27.8 Å². The summed E-state index contributed by atoms with van der Waals surface area (Å²) in [7, 11) is -2.18. The molecule has 1 saturated heterocycles. The molecule has 1 unspecified atom stereocenters. The largest absolute Gasteiger partial charge is 0.466 e. The molecular weight excluding hydrogens is 422 g/mol. The van der Waals surface area contributed by atoms with Crippen molar-refractivity contribution in [1.82, 2.24) is 14.5 Å². The summed E-state index contributed by atoms with van der Waals surface area (Å²) in [5.74, 6) is -1.31. The van der Waals surface area contributed by atoms with Crippen molar-refractivity contribution in [3.05, 3.63) is 42.5 Å². The molecule has 1 aliphatic heterocycles. The van der Waals surface area contributed by atoms with Gasteiger partial charge in [0.05, 0.1) is 24.0 Å². The quantitative estimate of drug-likeness (QED) is 0.443. The number of carbonyl (C=O) groups is 3. The maximum Gasteiger partial charge on any atom is 0.310 e. The lowest BCUT2D eigenvalue weighted by Crippen LogP contribution is -2.47. The number of ether oxygens (including phenoxy) is 1. The Kier molecular flexibility index (Phi) is 8.76. The SMILES string of the molecule is C=CCNS(=O)(=O)c1ccc(C(=O)N(C)CC(=O)N2CCCC(C(=O)OCC)C2)cc1. The van der Waals surface area contributed by atoms with E-state index in [4.69, 9.17) is 4.74 Å². The standard InChI is InChI=1S/C21H29N3O6S/c1-4-12-22-31(28,29)18-10-8-16(9-11-18)20(26)23(3)15-19(25)24-13-6-7-17(14-24)21(27)30-5-2/h4,8-11,17,22H,1,5-7,12-15H2,2-3H3. The number of carbonyl (C=O) groups excluding carboxylic acids is 3. The van der Waals surface area contributed by atoms with E-state index < -0.39 is 15.9 Å². The Morgan fingerprint density at radius 3 is 2.58 bits per heavy atom. The molecule has 1 aromatic rings. The summed E-state index contributed by atoms with van der Waals surface area (Å²) < 4.78 is 31.6. The first-order valence-corrected chi connectivity index (χ1v) is 11.6. The van der Waals surface area contributed by atoms with E-state index in [2.05, 4.69) is 11.3 Å². The topological polar surface area (TPSA) is 113 Å². The summed E-state index contributed by atoms with van der Waals surface area (Å²) in [4.78, 5) is 40.1. The number of esters is 1. The highest BCUT2D eigenvalue weighted by Crippen LogP contribution is 2.18. The lowest BCUT2D eigenvalue weighted by atomic mass is 9.98. The van der Waals surface area contributed by atoms with Crippen LogP contribution in [0.3, 0.4) is 0 Å². The van der Waals surface area contributed by atoms with Crippen LogP contribution in [0.1, 0.15) is 30.1 Å². The molecule has 0 bridgehead atoms. The molecule has 1 atom stereocenters. The fourth-order valence-corrected chi connectivity index (χ4v) is 4.28. The second kappa shape index (κ2) is 11.1. The van der Waals surface area contributed by atoms with Gasteiger partial charge in [0, 0.05) is 32.2 Å². The molecule has 1 aromatic carbocycles. The summed E-state index contributed by atoms with van der Waals surface area (Å²) in [5, 5.41) is 0. The zero-order valence-corrected chi connectivity index (χ0v) is 18.7. The third-order valence-electron chi connectivity index (χ3n) is 4.94.